The summed E-state index contributed by atoms with van der Waals surface area (Å²) in [5.74, 6) is -0.976. The molecule has 0 radical (unpaired) electrons. The second-order valence-corrected chi connectivity index (χ2v) is 9.13. The number of hydrogen-bond donors (Lipinski definition) is 1. The number of amides is 1. The van der Waals surface area contributed by atoms with Crippen molar-refractivity contribution < 1.29 is 19.4 Å². The van der Waals surface area contributed by atoms with Gasteiger partial charge in [-0.05, 0) is 75.3 Å². The molecule has 6 heteroatoms. The fraction of sp³-hybridized carbons (Fsp3) is 0.519. The molecule has 3 atom stereocenters. The Morgan fingerprint density at radius 2 is 1.76 bits per heavy atom. The van der Waals surface area contributed by atoms with Crippen molar-refractivity contribution >= 4 is 11.9 Å². The number of pyridine rings is 1. The fourth-order valence-electron chi connectivity index (χ4n) is 4.57. The van der Waals surface area contributed by atoms with Crippen molar-refractivity contribution in [1.82, 2.24) is 9.88 Å². The number of aryl methyl sites for hydroxylation is 1. The van der Waals surface area contributed by atoms with Gasteiger partial charge in [0.1, 0.15) is 5.75 Å². The van der Waals surface area contributed by atoms with E-state index >= 15 is 0 Å². The molecule has 1 aliphatic rings. The van der Waals surface area contributed by atoms with E-state index in [2.05, 4.69) is 31.8 Å². The number of aliphatic carboxylic acids is 1. The highest BCUT2D eigenvalue weighted by Gasteiger charge is 2.32. The molecule has 1 N–H and O–H groups in total. The van der Waals surface area contributed by atoms with Crippen LogP contribution in [0.4, 0.5) is 0 Å². The molecular formula is C27H36N2O4. The molecule has 1 amide bonds. The quantitative estimate of drug-likeness (QED) is 0.566. The lowest BCUT2D eigenvalue weighted by Crippen LogP contribution is -2.48. The molecule has 0 aliphatic carbocycles. The van der Waals surface area contributed by atoms with E-state index in [0.29, 0.717) is 13.0 Å². The van der Waals surface area contributed by atoms with Crippen LogP contribution >= 0.6 is 0 Å². The summed E-state index contributed by atoms with van der Waals surface area (Å²) in [7, 11) is 0. The van der Waals surface area contributed by atoms with Crippen molar-refractivity contribution in [3.05, 3.63) is 59.4 Å². The predicted octanol–water partition coefficient (Wildman–Crippen LogP) is 4.69. The first-order valence-electron chi connectivity index (χ1n) is 12.1. The van der Waals surface area contributed by atoms with E-state index in [1.807, 2.05) is 41.4 Å². The van der Waals surface area contributed by atoms with Crippen molar-refractivity contribution in [2.75, 3.05) is 6.61 Å². The van der Waals surface area contributed by atoms with Gasteiger partial charge in [-0.15, -0.1) is 0 Å². The summed E-state index contributed by atoms with van der Waals surface area (Å²) in [5.41, 5.74) is 3.10. The molecule has 0 spiro atoms. The third-order valence-corrected chi connectivity index (χ3v) is 6.58. The van der Waals surface area contributed by atoms with Gasteiger partial charge in [0.25, 0.3) is 0 Å². The number of carbonyl (C=O) groups excluding carboxylic acids is 1. The van der Waals surface area contributed by atoms with Crippen LogP contribution < -0.4 is 4.74 Å². The summed E-state index contributed by atoms with van der Waals surface area (Å²) < 4.78 is 5.82. The van der Waals surface area contributed by atoms with Crippen molar-refractivity contribution in [1.29, 1.82) is 0 Å². The lowest BCUT2D eigenvalue weighted by Gasteiger charge is -2.39. The number of carbonyl (C=O) groups is 2. The number of nitrogens with zero attached hydrogens (tertiary/aromatic N) is 2. The predicted molar refractivity (Wildman–Crippen MR) is 128 cm³/mol. The third kappa shape index (κ3) is 7.04. The van der Waals surface area contributed by atoms with Crippen LogP contribution in [-0.2, 0) is 28.9 Å². The summed E-state index contributed by atoms with van der Waals surface area (Å²) in [6.07, 6.45) is 7.04. The first kappa shape index (κ1) is 24.7. The molecule has 3 rings (SSSR count). The highest BCUT2D eigenvalue weighted by molar-refractivity contribution is 5.83. The first-order chi connectivity index (χ1) is 15.9. The first-order valence-corrected chi connectivity index (χ1v) is 12.1. The van der Waals surface area contributed by atoms with E-state index < -0.39 is 11.9 Å². The summed E-state index contributed by atoms with van der Waals surface area (Å²) in [6.45, 7) is 6.74. The summed E-state index contributed by atoms with van der Waals surface area (Å²) in [4.78, 5) is 31.1. The molecule has 0 bridgehead atoms. The number of likely N-dealkylation sites (tertiary alicyclic amines) is 1. The van der Waals surface area contributed by atoms with Gasteiger partial charge in [0.2, 0.25) is 5.91 Å². The summed E-state index contributed by atoms with van der Waals surface area (Å²) in [6, 6.07) is 12.0. The Labute approximate surface area is 197 Å². The smallest absolute Gasteiger partial charge is 0.307 e. The molecule has 0 saturated carbocycles. The Morgan fingerprint density at radius 3 is 2.33 bits per heavy atom. The van der Waals surface area contributed by atoms with Crippen LogP contribution in [0, 0.1) is 5.92 Å². The lowest BCUT2D eigenvalue weighted by molar-refractivity contribution is -0.148. The van der Waals surface area contributed by atoms with E-state index in [1.165, 1.54) is 5.56 Å². The lowest BCUT2D eigenvalue weighted by atomic mass is 9.92. The number of piperidine rings is 1. The van der Waals surface area contributed by atoms with E-state index in [9.17, 15) is 14.7 Å². The molecule has 1 aromatic carbocycles. The van der Waals surface area contributed by atoms with Crippen LogP contribution in [0.1, 0.15) is 63.3 Å². The number of rotatable bonds is 10. The SMILES string of the molecule is CCc1ccc(CCOc2ccc(CC(CC(=O)N3[C@H](C)CCC[C@@H]3C)C(=O)O)cc2)nc1. The largest absolute Gasteiger partial charge is 0.493 e. The molecule has 1 fully saturated rings. The van der Waals surface area contributed by atoms with E-state index in [-0.39, 0.29) is 24.4 Å². The summed E-state index contributed by atoms with van der Waals surface area (Å²) >= 11 is 0. The molecule has 1 aliphatic heterocycles. The minimum atomic E-state index is -0.928. The molecule has 6 nitrogen and oxygen atoms in total. The molecule has 1 unspecified atom stereocenters. The van der Waals surface area contributed by atoms with Crippen LogP contribution in [0.5, 0.6) is 5.75 Å². The molecular weight excluding hydrogens is 416 g/mol. The van der Waals surface area contributed by atoms with Crippen LogP contribution in [0.15, 0.2) is 42.6 Å². The fourth-order valence-corrected chi connectivity index (χ4v) is 4.57. The van der Waals surface area contributed by atoms with Crippen molar-refractivity contribution in [2.24, 2.45) is 5.92 Å². The van der Waals surface area contributed by atoms with E-state index in [4.69, 9.17) is 4.74 Å². The van der Waals surface area contributed by atoms with Gasteiger partial charge in [-0.25, -0.2) is 0 Å². The number of hydrogen-bond acceptors (Lipinski definition) is 4. The maximum absolute atomic E-state index is 12.9. The number of carboxylic acid groups (broad SMARTS) is 1. The zero-order valence-corrected chi connectivity index (χ0v) is 20.0. The van der Waals surface area contributed by atoms with Gasteiger partial charge in [0.05, 0.1) is 12.5 Å². The summed E-state index contributed by atoms with van der Waals surface area (Å²) in [5, 5.41) is 9.72. The minimum Gasteiger partial charge on any atom is -0.493 e. The zero-order valence-electron chi connectivity index (χ0n) is 20.0. The zero-order chi connectivity index (χ0) is 23.8. The normalized spacial score (nSPS) is 19.2. The number of ether oxygens (including phenoxy) is 1. The number of aromatic nitrogens is 1. The van der Waals surface area contributed by atoms with Gasteiger partial charge < -0.3 is 14.7 Å². The van der Waals surface area contributed by atoms with Crippen LogP contribution in [0.2, 0.25) is 0 Å². The van der Waals surface area contributed by atoms with Gasteiger partial charge in [-0.2, -0.15) is 0 Å². The highest BCUT2D eigenvalue weighted by atomic mass is 16.5. The monoisotopic (exact) mass is 452 g/mol. The Balaban J connectivity index is 1.51. The Morgan fingerprint density at radius 1 is 1.09 bits per heavy atom. The standard InChI is InChI=1S/C27H36N2O4/c1-4-21-8-11-24(28-18-21)14-15-33-25-12-9-22(10-13-25)16-23(27(31)32)17-26(30)29-19(2)6-5-7-20(29)3/h8-13,18-20,23H,4-7,14-17H2,1-3H3,(H,31,32)/t19-,20+,23?. The van der Waals surface area contributed by atoms with Gasteiger partial charge in [-0.3, -0.25) is 14.6 Å². The number of carboxylic acids is 1. The Kier molecular flexibility index (Phi) is 8.87. The molecule has 1 aromatic heterocycles. The minimum absolute atomic E-state index is 0.0338. The van der Waals surface area contributed by atoms with Crippen molar-refractivity contribution in [3.8, 4) is 5.75 Å². The third-order valence-electron chi connectivity index (χ3n) is 6.58. The average Bonchev–Trinajstić information content (AvgIpc) is 2.80. The maximum atomic E-state index is 12.9. The Bertz CT molecular complexity index is 901. The second-order valence-electron chi connectivity index (χ2n) is 9.13. The van der Waals surface area contributed by atoms with Gasteiger partial charge in [-0.1, -0.05) is 25.1 Å². The van der Waals surface area contributed by atoms with Gasteiger partial charge in [0, 0.05) is 36.8 Å². The number of benzene rings is 1. The van der Waals surface area contributed by atoms with Crippen LogP contribution in [0.3, 0.4) is 0 Å². The molecule has 2 aromatic rings. The Hall–Kier alpha value is -2.89. The van der Waals surface area contributed by atoms with Crippen LogP contribution in [-0.4, -0.2) is 45.6 Å². The van der Waals surface area contributed by atoms with Gasteiger partial charge >= 0.3 is 5.97 Å². The molecule has 178 valence electrons. The van der Waals surface area contributed by atoms with E-state index in [0.717, 1.165) is 49.1 Å². The maximum Gasteiger partial charge on any atom is 0.307 e. The average molecular weight is 453 g/mol. The molecule has 2 heterocycles. The second kappa shape index (κ2) is 11.8. The van der Waals surface area contributed by atoms with E-state index in [1.54, 1.807) is 0 Å². The van der Waals surface area contributed by atoms with Crippen LogP contribution in [0.25, 0.3) is 0 Å². The molecule has 33 heavy (non-hydrogen) atoms. The topological polar surface area (TPSA) is 79.7 Å². The molecule has 1 saturated heterocycles. The highest BCUT2D eigenvalue weighted by Crippen LogP contribution is 2.25. The van der Waals surface area contributed by atoms with Crippen molar-refractivity contribution in [3.63, 3.8) is 0 Å². The van der Waals surface area contributed by atoms with Gasteiger partial charge in [0.15, 0.2) is 0 Å². The van der Waals surface area contributed by atoms with Crippen molar-refractivity contribution in [2.45, 2.75) is 77.8 Å².